The van der Waals surface area contributed by atoms with Crippen LogP contribution in [0.2, 0.25) is 0 Å². The minimum Gasteiger partial charge on any atom is -0.368 e. The van der Waals surface area contributed by atoms with Crippen LogP contribution in [0.15, 0.2) is 30.5 Å². The fourth-order valence-electron chi connectivity index (χ4n) is 4.00. The third-order valence-corrected chi connectivity index (χ3v) is 5.09. The zero-order valence-corrected chi connectivity index (χ0v) is 17.4. The summed E-state index contributed by atoms with van der Waals surface area (Å²) in [6.45, 7) is 15.6. The first kappa shape index (κ1) is 21.1. The lowest BCUT2D eigenvalue weighted by molar-refractivity contribution is 0.0971. The highest BCUT2D eigenvalue weighted by molar-refractivity contribution is 5.95. The Morgan fingerprint density at radius 1 is 1.15 bits per heavy atom. The van der Waals surface area contributed by atoms with Crippen LogP contribution in [-0.4, -0.2) is 54.7 Å². The highest BCUT2D eigenvalue weighted by Crippen LogP contribution is 2.31. The molecule has 0 saturated carbocycles. The van der Waals surface area contributed by atoms with E-state index in [0.29, 0.717) is 17.6 Å². The van der Waals surface area contributed by atoms with E-state index in [0.717, 1.165) is 43.6 Å². The zero-order valence-electron chi connectivity index (χ0n) is 17.4. The Labute approximate surface area is 164 Å². The molecule has 1 aromatic heterocycles. The average molecular weight is 368 g/mol. The van der Waals surface area contributed by atoms with Gasteiger partial charge in [-0.2, -0.15) is 5.26 Å². The number of nitrogens with zero attached hydrogens (tertiary/aromatic N) is 4. The van der Waals surface area contributed by atoms with E-state index in [-0.39, 0.29) is 0 Å². The monoisotopic (exact) mass is 367 g/mol. The Kier molecular flexibility index (Phi) is 8.02. The smallest absolute Gasteiger partial charge is 0.101 e. The van der Waals surface area contributed by atoms with Crippen molar-refractivity contribution >= 4 is 16.6 Å². The van der Waals surface area contributed by atoms with Gasteiger partial charge in [0.25, 0.3) is 0 Å². The summed E-state index contributed by atoms with van der Waals surface area (Å²) in [7, 11) is 0. The maximum atomic E-state index is 9.31. The van der Waals surface area contributed by atoms with Gasteiger partial charge < -0.3 is 10.2 Å². The van der Waals surface area contributed by atoms with Crippen LogP contribution >= 0.6 is 0 Å². The number of nitrogens with one attached hydrogen (secondary N) is 1. The van der Waals surface area contributed by atoms with Crippen molar-refractivity contribution in [2.75, 3.05) is 37.6 Å². The molecule has 0 bridgehead atoms. The van der Waals surface area contributed by atoms with Crippen LogP contribution in [0.25, 0.3) is 10.9 Å². The van der Waals surface area contributed by atoms with Gasteiger partial charge in [-0.15, -0.1) is 0 Å². The molecule has 146 valence electrons. The number of pyridine rings is 1. The standard InChI is InChI=1S/C18H21N5.2C2H6/c1-13-11-22(12-15-10-20-7-8-23(13)15)17-5-4-14(9-19)18-16(17)3-2-6-21-18;2*1-2/h2-6,13,15,20H,7-8,10-12H2,1H3;2*1-2H3/t13-,15?;;/m0../s1. The van der Waals surface area contributed by atoms with Gasteiger partial charge >= 0.3 is 0 Å². The molecule has 4 rings (SSSR count). The summed E-state index contributed by atoms with van der Waals surface area (Å²) in [5, 5.41) is 13.9. The second kappa shape index (κ2) is 10.2. The van der Waals surface area contributed by atoms with E-state index in [4.69, 9.17) is 0 Å². The first-order valence-electron chi connectivity index (χ1n) is 10.3. The molecule has 5 nitrogen and oxygen atoms in total. The number of hydrogen-bond donors (Lipinski definition) is 1. The Hall–Kier alpha value is -2.16. The molecule has 2 fully saturated rings. The third-order valence-electron chi connectivity index (χ3n) is 5.09. The lowest BCUT2D eigenvalue weighted by Crippen LogP contribution is -2.64. The van der Waals surface area contributed by atoms with Gasteiger partial charge in [-0.3, -0.25) is 9.88 Å². The Balaban J connectivity index is 0.000000614. The molecule has 2 aliphatic heterocycles. The number of anilines is 1. The minimum absolute atomic E-state index is 0.540. The Morgan fingerprint density at radius 3 is 2.67 bits per heavy atom. The average Bonchev–Trinajstić information content (AvgIpc) is 2.76. The van der Waals surface area contributed by atoms with E-state index >= 15 is 0 Å². The molecule has 0 spiro atoms. The highest BCUT2D eigenvalue weighted by atomic mass is 15.3. The van der Waals surface area contributed by atoms with Crippen LogP contribution in [0.1, 0.15) is 40.2 Å². The van der Waals surface area contributed by atoms with Crippen LogP contribution in [0.3, 0.4) is 0 Å². The van der Waals surface area contributed by atoms with Crippen LogP contribution < -0.4 is 10.2 Å². The topological polar surface area (TPSA) is 55.2 Å². The van der Waals surface area contributed by atoms with Gasteiger partial charge in [0.15, 0.2) is 0 Å². The van der Waals surface area contributed by atoms with Crippen molar-refractivity contribution in [1.82, 2.24) is 15.2 Å². The first-order valence-corrected chi connectivity index (χ1v) is 10.3. The number of fused-ring (bicyclic) bond motifs is 2. The van der Waals surface area contributed by atoms with Crippen LogP contribution in [-0.2, 0) is 0 Å². The Bertz CT molecular complexity index is 767. The summed E-state index contributed by atoms with van der Waals surface area (Å²) in [6, 6.07) is 11.4. The minimum atomic E-state index is 0.540. The number of hydrogen-bond acceptors (Lipinski definition) is 5. The normalized spacial score (nSPS) is 21.9. The van der Waals surface area contributed by atoms with Crippen molar-refractivity contribution in [2.45, 2.75) is 46.7 Å². The van der Waals surface area contributed by atoms with E-state index in [1.807, 2.05) is 39.8 Å². The number of nitriles is 1. The molecule has 2 aliphatic rings. The molecule has 5 heteroatoms. The maximum Gasteiger partial charge on any atom is 0.101 e. The van der Waals surface area contributed by atoms with E-state index in [9.17, 15) is 5.26 Å². The lowest BCUT2D eigenvalue weighted by atomic mass is 10.0. The second-order valence-electron chi connectivity index (χ2n) is 6.49. The van der Waals surface area contributed by atoms with Crippen molar-refractivity contribution in [3.63, 3.8) is 0 Å². The number of benzene rings is 1. The van der Waals surface area contributed by atoms with Crippen LogP contribution in [0.5, 0.6) is 0 Å². The molecule has 3 heterocycles. The molecule has 1 unspecified atom stereocenters. The van der Waals surface area contributed by atoms with E-state index in [1.165, 1.54) is 5.69 Å². The molecular formula is C22H33N5. The predicted molar refractivity (Wildman–Crippen MR) is 114 cm³/mol. The van der Waals surface area contributed by atoms with Crippen molar-refractivity contribution in [1.29, 1.82) is 5.26 Å². The fraction of sp³-hybridized carbons (Fsp3) is 0.545. The molecule has 0 amide bonds. The molecule has 0 aliphatic carbocycles. The van der Waals surface area contributed by atoms with E-state index in [2.05, 4.69) is 45.2 Å². The fourth-order valence-corrected chi connectivity index (χ4v) is 4.00. The zero-order chi connectivity index (χ0) is 19.8. The molecular weight excluding hydrogens is 334 g/mol. The third kappa shape index (κ3) is 4.40. The summed E-state index contributed by atoms with van der Waals surface area (Å²) < 4.78 is 0. The van der Waals surface area contributed by atoms with Gasteiger partial charge in [-0.05, 0) is 31.2 Å². The van der Waals surface area contributed by atoms with Gasteiger partial charge in [0, 0.05) is 62.1 Å². The molecule has 2 atom stereocenters. The summed E-state index contributed by atoms with van der Waals surface area (Å²) in [5.74, 6) is 0. The van der Waals surface area contributed by atoms with Crippen molar-refractivity contribution in [3.05, 3.63) is 36.0 Å². The summed E-state index contributed by atoms with van der Waals surface area (Å²) in [6.07, 6.45) is 1.76. The number of aromatic nitrogens is 1. The highest BCUT2D eigenvalue weighted by Gasteiger charge is 2.34. The predicted octanol–water partition coefficient (Wildman–Crippen LogP) is 3.64. The van der Waals surface area contributed by atoms with Crippen LogP contribution in [0.4, 0.5) is 5.69 Å². The summed E-state index contributed by atoms with van der Waals surface area (Å²) in [5.41, 5.74) is 2.66. The quantitative estimate of drug-likeness (QED) is 0.834. The molecule has 1 aromatic carbocycles. The second-order valence-corrected chi connectivity index (χ2v) is 6.49. The number of rotatable bonds is 1. The van der Waals surface area contributed by atoms with E-state index < -0.39 is 0 Å². The Morgan fingerprint density at radius 2 is 1.93 bits per heavy atom. The molecule has 1 N–H and O–H groups in total. The van der Waals surface area contributed by atoms with Gasteiger partial charge in [-0.1, -0.05) is 27.7 Å². The van der Waals surface area contributed by atoms with Crippen LogP contribution in [0, 0.1) is 11.3 Å². The first-order chi connectivity index (χ1) is 13.3. The van der Waals surface area contributed by atoms with Gasteiger partial charge in [0.1, 0.15) is 6.07 Å². The van der Waals surface area contributed by atoms with Crippen molar-refractivity contribution in [3.8, 4) is 6.07 Å². The molecule has 2 aromatic rings. The number of piperazine rings is 2. The molecule has 0 radical (unpaired) electrons. The lowest BCUT2D eigenvalue weighted by Gasteiger charge is -2.49. The van der Waals surface area contributed by atoms with Gasteiger partial charge in [-0.25, -0.2) is 0 Å². The SMILES string of the molecule is CC.CC.C[C@H]1CN(c2ccc(C#N)c3ncccc23)CC2CNCCN21. The van der Waals surface area contributed by atoms with Crippen molar-refractivity contribution < 1.29 is 0 Å². The summed E-state index contributed by atoms with van der Waals surface area (Å²) in [4.78, 5) is 9.52. The summed E-state index contributed by atoms with van der Waals surface area (Å²) >= 11 is 0. The molecule has 27 heavy (non-hydrogen) atoms. The van der Waals surface area contributed by atoms with Gasteiger partial charge in [0.2, 0.25) is 0 Å². The largest absolute Gasteiger partial charge is 0.368 e. The van der Waals surface area contributed by atoms with E-state index in [1.54, 1.807) is 6.20 Å². The van der Waals surface area contributed by atoms with Gasteiger partial charge in [0.05, 0.1) is 11.1 Å². The molecule has 2 saturated heterocycles. The van der Waals surface area contributed by atoms with Crippen molar-refractivity contribution in [2.24, 2.45) is 0 Å². The maximum absolute atomic E-state index is 9.31.